The molecule has 0 spiro atoms. The number of nitrogens with one attached hydrogen (secondary N) is 1. The summed E-state index contributed by atoms with van der Waals surface area (Å²) in [4.78, 5) is 11.4. The Balaban J connectivity index is 3.04. The molecule has 4 nitrogen and oxygen atoms in total. The normalized spacial score (nSPS) is 42.3. The summed E-state index contributed by atoms with van der Waals surface area (Å²) in [6.45, 7) is 7.09. The van der Waals surface area contributed by atoms with Crippen LogP contribution in [0.5, 0.6) is 0 Å². The highest BCUT2D eigenvalue weighted by atomic mass is 16.5. The van der Waals surface area contributed by atoms with Crippen LogP contribution in [-0.2, 0) is 4.79 Å². The van der Waals surface area contributed by atoms with Crippen molar-refractivity contribution in [3.63, 3.8) is 0 Å². The predicted octanol–water partition coefficient (Wildman–Crippen LogP) is 0.679. The quantitative estimate of drug-likeness (QED) is 0.417. The van der Waals surface area contributed by atoms with Gasteiger partial charge < -0.3 is 5.11 Å². The zero-order valence-electron chi connectivity index (χ0n) is 8.51. The molecule has 0 aromatic heterocycles. The Kier molecular flexibility index (Phi) is 1.98. The van der Waals surface area contributed by atoms with Crippen molar-refractivity contribution in [3.8, 4) is 0 Å². The van der Waals surface area contributed by atoms with Crippen LogP contribution in [-0.4, -0.2) is 21.8 Å². The molecule has 0 saturated heterocycles. The zero-order valence-corrected chi connectivity index (χ0v) is 8.51. The lowest BCUT2D eigenvalue weighted by Crippen LogP contribution is -2.70. The molecule has 1 aliphatic carbocycles. The molecule has 0 radical (unpaired) electrons. The van der Waals surface area contributed by atoms with E-state index in [1.807, 2.05) is 13.8 Å². The number of rotatable bonds is 1. The standard InChI is InChI=1S/C9H17NO3/c1-7(2)5-8(3,12)9(7,4)6(11)10-13/h12-13H,5H2,1-4H3,(H,10,11). The number of carbonyl (C=O) groups is 1. The molecule has 1 saturated carbocycles. The molecule has 0 heterocycles. The maximum Gasteiger partial charge on any atom is 0.252 e. The summed E-state index contributed by atoms with van der Waals surface area (Å²) in [6.07, 6.45) is 0.559. The minimum Gasteiger partial charge on any atom is -0.389 e. The van der Waals surface area contributed by atoms with E-state index in [9.17, 15) is 9.90 Å². The molecule has 1 aliphatic rings. The number of amides is 1. The van der Waals surface area contributed by atoms with Gasteiger partial charge in [-0.2, -0.15) is 0 Å². The van der Waals surface area contributed by atoms with E-state index in [1.165, 1.54) is 0 Å². The van der Waals surface area contributed by atoms with E-state index in [0.29, 0.717) is 6.42 Å². The van der Waals surface area contributed by atoms with E-state index in [1.54, 1.807) is 19.3 Å². The Hall–Kier alpha value is -0.610. The lowest BCUT2D eigenvalue weighted by atomic mass is 9.43. The first kappa shape index (κ1) is 10.5. The van der Waals surface area contributed by atoms with Gasteiger partial charge in [-0.3, -0.25) is 10.0 Å². The highest BCUT2D eigenvalue weighted by Crippen LogP contribution is 2.62. The summed E-state index contributed by atoms with van der Waals surface area (Å²) in [5.41, 5.74) is -0.629. The van der Waals surface area contributed by atoms with Crippen molar-refractivity contribution in [2.24, 2.45) is 10.8 Å². The smallest absolute Gasteiger partial charge is 0.252 e. The highest BCUT2D eigenvalue weighted by Gasteiger charge is 2.68. The topological polar surface area (TPSA) is 69.6 Å². The number of hydrogen-bond acceptors (Lipinski definition) is 3. The van der Waals surface area contributed by atoms with Gasteiger partial charge in [0.05, 0.1) is 11.0 Å². The Bertz CT molecular complexity index is 231. The minimum absolute atomic E-state index is 0.288. The first-order valence-corrected chi connectivity index (χ1v) is 4.36. The van der Waals surface area contributed by atoms with Gasteiger partial charge in [-0.1, -0.05) is 13.8 Å². The van der Waals surface area contributed by atoms with Gasteiger partial charge in [-0.05, 0) is 25.7 Å². The van der Waals surface area contributed by atoms with E-state index < -0.39 is 16.9 Å². The SMILES string of the molecule is CC1(C)CC(C)(O)C1(C)C(=O)NO. The second-order valence-corrected chi connectivity index (χ2v) is 4.90. The first-order valence-electron chi connectivity index (χ1n) is 4.36. The molecule has 1 fully saturated rings. The van der Waals surface area contributed by atoms with Crippen LogP contribution in [0.4, 0.5) is 0 Å². The van der Waals surface area contributed by atoms with Crippen molar-refractivity contribution >= 4 is 5.91 Å². The van der Waals surface area contributed by atoms with Crippen molar-refractivity contribution in [1.82, 2.24) is 5.48 Å². The molecule has 1 amide bonds. The fourth-order valence-electron chi connectivity index (χ4n) is 2.50. The molecule has 0 bridgehead atoms. The minimum atomic E-state index is -1.04. The Labute approximate surface area is 77.9 Å². The highest BCUT2D eigenvalue weighted by molar-refractivity contribution is 5.85. The van der Waals surface area contributed by atoms with Crippen LogP contribution in [0.15, 0.2) is 0 Å². The van der Waals surface area contributed by atoms with Crippen LogP contribution < -0.4 is 5.48 Å². The lowest BCUT2D eigenvalue weighted by Gasteiger charge is -2.62. The zero-order chi connectivity index (χ0) is 10.5. The predicted molar refractivity (Wildman–Crippen MR) is 47.1 cm³/mol. The third-order valence-corrected chi connectivity index (χ3v) is 3.77. The van der Waals surface area contributed by atoms with E-state index in [-0.39, 0.29) is 5.41 Å². The maximum atomic E-state index is 11.4. The number of hydrogen-bond donors (Lipinski definition) is 3. The Morgan fingerprint density at radius 2 is 1.77 bits per heavy atom. The van der Waals surface area contributed by atoms with Crippen molar-refractivity contribution in [3.05, 3.63) is 0 Å². The molecule has 4 heteroatoms. The largest absolute Gasteiger partial charge is 0.389 e. The van der Waals surface area contributed by atoms with Gasteiger partial charge in [0.2, 0.25) is 0 Å². The van der Waals surface area contributed by atoms with Crippen LogP contribution in [0.25, 0.3) is 0 Å². The van der Waals surface area contributed by atoms with Gasteiger partial charge >= 0.3 is 0 Å². The second-order valence-electron chi connectivity index (χ2n) is 4.90. The van der Waals surface area contributed by atoms with Crippen molar-refractivity contribution in [2.75, 3.05) is 0 Å². The van der Waals surface area contributed by atoms with E-state index in [4.69, 9.17) is 5.21 Å². The number of carbonyl (C=O) groups excluding carboxylic acids is 1. The first-order chi connectivity index (χ1) is 5.69. The van der Waals surface area contributed by atoms with Crippen molar-refractivity contribution in [2.45, 2.75) is 39.7 Å². The summed E-state index contributed by atoms with van der Waals surface area (Å²) in [5, 5.41) is 18.5. The van der Waals surface area contributed by atoms with Crippen molar-refractivity contribution in [1.29, 1.82) is 0 Å². The fourth-order valence-corrected chi connectivity index (χ4v) is 2.50. The van der Waals surface area contributed by atoms with Gasteiger partial charge in [0.25, 0.3) is 5.91 Å². The summed E-state index contributed by atoms with van der Waals surface area (Å²) in [5.74, 6) is -0.520. The molecular weight excluding hydrogens is 170 g/mol. The van der Waals surface area contributed by atoms with Crippen LogP contribution in [0.3, 0.4) is 0 Å². The molecular formula is C9H17NO3. The molecule has 76 valence electrons. The van der Waals surface area contributed by atoms with Gasteiger partial charge in [-0.15, -0.1) is 0 Å². The van der Waals surface area contributed by atoms with E-state index in [0.717, 1.165) is 0 Å². The summed E-state index contributed by atoms with van der Waals surface area (Å²) >= 11 is 0. The Morgan fingerprint density at radius 3 is 1.92 bits per heavy atom. The monoisotopic (exact) mass is 187 g/mol. The molecule has 2 atom stereocenters. The molecule has 0 aromatic rings. The van der Waals surface area contributed by atoms with Crippen LogP contribution in [0.2, 0.25) is 0 Å². The van der Waals surface area contributed by atoms with Gasteiger partial charge in [0, 0.05) is 0 Å². The fraction of sp³-hybridized carbons (Fsp3) is 0.889. The summed E-state index contributed by atoms with van der Waals surface area (Å²) in [7, 11) is 0. The van der Waals surface area contributed by atoms with Gasteiger partial charge in [0.15, 0.2) is 0 Å². The molecule has 0 aliphatic heterocycles. The third-order valence-electron chi connectivity index (χ3n) is 3.77. The third kappa shape index (κ3) is 1.02. The summed E-state index contributed by atoms with van der Waals surface area (Å²) in [6, 6.07) is 0. The molecule has 13 heavy (non-hydrogen) atoms. The second kappa shape index (κ2) is 2.45. The van der Waals surface area contributed by atoms with Gasteiger partial charge in [0.1, 0.15) is 0 Å². The molecule has 3 N–H and O–H groups in total. The lowest BCUT2D eigenvalue weighted by molar-refractivity contribution is -0.234. The molecule has 2 unspecified atom stereocenters. The summed E-state index contributed by atoms with van der Waals surface area (Å²) < 4.78 is 0. The molecule has 0 aromatic carbocycles. The average Bonchev–Trinajstić information content (AvgIpc) is 1.99. The average molecular weight is 187 g/mol. The van der Waals surface area contributed by atoms with Crippen molar-refractivity contribution < 1.29 is 15.1 Å². The van der Waals surface area contributed by atoms with Crippen LogP contribution in [0, 0.1) is 10.8 Å². The van der Waals surface area contributed by atoms with E-state index in [2.05, 4.69) is 0 Å². The molecule has 1 rings (SSSR count). The maximum absolute atomic E-state index is 11.4. The van der Waals surface area contributed by atoms with Crippen LogP contribution >= 0.6 is 0 Å². The van der Waals surface area contributed by atoms with Crippen LogP contribution in [0.1, 0.15) is 34.1 Å². The number of aliphatic hydroxyl groups is 1. The van der Waals surface area contributed by atoms with Gasteiger partial charge in [-0.25, -0.2) is 5.48 Å². The van der Waals surface area contributed by atoms with E-state index >= 15 is 0 Å². The number of hydroxylamine groups is 1. The Morgan fingerprint density at radius 1 is 1.31 bits per heavy atom.